The SMILES string of the molecule is COc1ccc(C(=O)N2CCN(c3ccc(NS(=O)(=O)c4ccc(-c5ccccc5)cc4)cc3)CC2)cc1OC. The van der Waals surface area contributed by atoms with Gasteiger partial charge in [0, 0.05) is 43.1 Å². The summed E-state index contributed by atoms with van der Waals surface area (Å²) >= 11 is 0. The number of hydrogen-bond acceptors (Lipinski definition) is 6. The molecule has 0 bridgehead atoms. The second kappa shape index (κ2) is 11.7. The lowest BCUT2D eigenvalue weighted by molar-refractivity contribution is 0.0746. The van der Waals surface area contributed by atoms with Crippen LogP contribution in [0.15, 0.2) is 102 Å². The van der Waals surface area contributed by atoms with Crippen molar-refractivity contribution < 1.29 is 22.7 Å². The van der Waals surface area contributed by atoms with Crippen molar-refractivity contribution in [1.29, 1.82) is 0 Å². The van der Waals surface area contributed by atoms with E-state index in [9.17, 15) is 13.2 Å². The summed E-state index contributed by atoms with van der Waals surface area (Å²) in [6.07, 6.45) is 0. The molecule has 1 aliphatic rings. The number of piperazine rings is 1. The Bertz CT molecular complexity index is 1570. The Morgan fingerprint density at radius 1 is 0.725 bits per heavy atom. The van der Waals surface area contributed by atoms with Crippen molar-refractivity contribution >= 4 is 27.3 Å². The van der Waals surface area contributed by atoms with Gasteiger partial charge in [0.15, 0.2) is 11.5 Å². The molecule has 206 valence electrons. The Balaban J connectivity index is 1.18. The van der Waals surface area contributed by atoms with Crippen LogP contribution < -0.4 is 19.1 Å². The Morgan fingerprint density at radius 3 is 1.98 bits per heavy atom. The smallest absolute Gasteiger partial charge is 0.261 e. The van der Waals surface area contributed by atoms with Gasteiger partial charge in [-0.3, -0.25) is 9.52 Å². The van der Waals surface area contributed by atoms with E-state index < -0.39 is 10.0 Å². The van der Waals surface area contributed by atoms with Crippen molar-refractivity contribution in [3.05, 3.63) is 103 Å². The average Bonchev–Trinajstić information content (AvgIpc) is 3.01. The standard InChI is InChI=1S/C31H31N3O5S/c1-38-29-17-10-25(22-30(29)39-2)31(35)34-20-18-33(19-21-34)27-13-11-26(12-14-27)32-40(36,37)28-15-8-24(9-16-28)23-6-4-3-5-7-23/h3-17,22,32H,18-21H2,1-2H3. The number of rotatable bonds is 8. The van der Waals surface area contributed by atoms with E-state index in [2.05, 4.69) is 9.62 Å². The molecule has 1 heterocycles. The maximum atomic E-state index is 13.0. The van der Waals surface area contributed by atoms with E-state index in [0.717, 1.165) is 16.8 Å². The molecule has 0 unspecified atom stereocenters. The van der Waals surface area contributed by atoms with Crippen LogP contribution in [0, 0.1) is 0 Å². The fourth-order valence-corrected chi connectivity index (χ4v) is 5.79. The number of hydrogen-bond donors (Lipinski definition) is 1. The third-order valence-corrected chi connectivity index (χ3v) is 8.35. The summed E-state index contributed by atoms with van der Waals surface area (Å²) in [6, 6.07) is 29.1. The predicted molar refractivity (Wildman–Crippen MR) is 157 cm³/mol. The van der Waals surface area contributed by atoms with Gasteiger partial charge in [0.1, 0.15) is 0 Å². The van der Waals surface area contributed by atoms with Gasteiger partial charge in [-0.1, -0.05) is 42.5 Å². The highest BCUT2D eigenvalue weighted by Crippen LogP contribution is 2.29. The molecule has 4 aromatic carbocycles. The van der Waals surface area contributed by atoms with E-state index in [0.29, 0.717) is 48.9 Å². The largest absolute Gasteiger partial charge is 0.493 e. The molecule has 1 amide bonds. The summed E-state index contributed by atoms with van der Waals surface area (Å²) in [6.45, 7) is 2.47. The molecule has 0 radical (unpaired) electrons. The van der Waals surface area contributed by atoms with Crippen LogP contribution >= 0.6 is 0 Å². The molecule has 0 aromatic heterocycles. The average molecular weight is 558 g/mol. The van der Waals surface area contributed by atoms with E-state index in [1.165, 1.54) is 0 Å². The van der Waals surface area contributed by atoms with Crippen molar-refractivity contribution in [3.63, 3.8) is 0 Å². The number of methoxy groups -OCH3 is 2. The highest BCUT2D eigenvalue weighted by molar-refractivity contribution is 7.92. The van der Waals surface area contributed by atoms with Gasteiger partial charge in [0.25, 0.3) is 15.9 Å². The lowest BCUT2D eigenvalue weighted by atomic mass is 10.1. The fraction of sp³-hybridized carbons (Fsp3) is 0.194. The molecular formula is C31H31N3O5S. The van der Waals surface area contributed by atoms with Crippen LogP contribution in [0.3, 0.4) is 0 Å². The van der Waals surface area contributed by atoms with Gasteiger partial charge in [-0.15, -0.1) is 0 Å². The van der Waals surface area contributed by atoms with Crippen molar-refractivity contribution in [3.8, 4) is 22.6 Å². The van der Waals surface area contributed by atoms with E-state index >= 15 is 0 Å². The molecule has 0 atom stereocenters. The van der Waals surface area contributed by atoms with Crippen LogP contribution in [0.4, 0.5) is 11.4 Å². The Labute approximate surface area is 234 Å². The number of sulfonamides is 1. The first-order chi connectivity index (χ1) is 19.4. The zero-order valence-electron chi connectivity index (χ0n) is 22.4. The number of nitrogens with zero attached hydrogens (tertiary/aromatic N) is 2. The van der Waals surface area contributed by atoms with Crippen LogP contribution in [0.5, 0.6) is 11.5 Å². The van der Waals surface area contributed by atoms with Crippen LogP contribution in [0.1, 0.15) is 10.4 Å². The molecule has 1 fully saturated rings. The van der Waals surface area contributed by atoms with Crippen LogP contribution in [-0.4, -0.2) is 59.6 Å². The molecule has 8 nitrogen and oxygen atoms in total. The second-order valence-electron chi connectivity index (χ2n) is 9.39. The highest BCUT2D eigenvalue weighted by Gasteiger charge is 2.23. The lowest BCUT2D eigenvalue weighted by Crippen LogP contribution is -2.48. The lowest BCUT2D eigenvalue weighted by Gasteiger charge is -2.36. The number of ether oxygens (including phenoxy) is 2. The maximum Gasteiger partial charge on any atom is 0.261 e. The topological polar surface area (TPSA) is 88.2 Å². The summed E-state index contributed by atoms with van der Waals surface area (Å²) in [5, 5.41) is 0. The maximum absolute atomic E-state index is 13.0. The van der Waals surface area contributed by atoms with Crippen molar-refractivity contribution in [2.24, 2.45) is 0 Å². The van der Waals surface area contributed by atoms with E-state index in [-0.39, 0.29) is 10.8 Å². The van der Waals surface area contributed by atoms with Crippen LogP contribution in [0.2, 0.25) is 0 Å². The molecule has 9 heteroatoms. The van der Waals surface area contributed by atoms with Gasteiger partial charge in [-0.2, -0.15) is 0 Å². The quantitative estimate of drug-likeness (QED) is 0.323. The minimum atomic E-state index is -3.73. The summed E-state index contributed by atoms with van der Waals surface area (Å²) in [4.78, 5) is 17.2. The van der Waals surface area contributed by atoms with Crippen LogP contribution in [-0.2, 0) is 10.0 Å². The van der Waals surface area contributed by atoms with Gasteiger partial charge in [0.05, 0.1) is 19.1 Å². The summed E-state index contributed by atoms with van der Waals surface area (Å²) in [5.41, 5.74) is 3.99. The number of carbonyl (C=O) groups is 1. The first kappa shape index (κ1) is 27.1. The second-order valence-corrected chi connectivity index (χ2v) is 11.1. The third kappa shape index (κ3) is 5.89. The van der Waals surface area contributed by atoms with Crippen molar-refractivity contribution in [2.45, 2.75) is 4.90 Å². The summed E-state index contributed by atoms with van der Waals surface area (Å²) in [5.74, 6) is 1.05. The predicted octanol–water partition coefficient (Wildman–Crippen LogP) is 5.13. The van der Waals surface area contributed by atoms with Crippen LogP contribution in [0.25, 0.3) is 11.1 Å². The molecule has 0 saturated carbocycles. The number of nitrogens with one attached hydrogen (secondary N) is 1. The molecular weight excluding hydrogens is 526 g/mol. The first-order valence-electron chi connectivity index (χ1n) is 12.9. The summed E-state index contributed by atoms with van der Waals surface area (Å²) < 4.78 is 39.2. The Morgan fingerprint density at radius 2 is 1.35 bits per heavy atom. The minimum absolute atomic E-state index is 0.0536. The molecule has 1 aliphatic heterocycles. The Kier molecular flexibility index (Phi) is 7.93. The van der Waals surface area contributed by atoms with Gasteiger partial charge in [-0.05, 0) is 65.7 Å². The number of benzene rings is 4. The van der Waals surface area contributed by atoms with Crippen molar-refractivity contribution in [1.82, 2.24) is 4.90 Å². The molecule has 0 spiro atoms. The van der Waals surface area contributed by atoms with Gasteiger partial charge >= 0.3 is 0 Å². The molecule has 1 saturated heterocycles. The van der Waals surface area contributed by atoms with E-state index in [1.54, 1.807) is 56.7 Å². The highest BCUT2D eigenvalue weighted by atomic mass is 32.2. The number of amides is 1. The molecule has 40 heavy (non-hydrogen) atoms. The van der Waals surface area contributed by atoms with Gasteiger partial charge in [-0.25, -0.2) is 8.42 Å². The van der Waals surface area contributed by atoms with Gasteiger partial charge in [0.2, 0.25) is 0 Å². The van der Waals surface area contributed by atoms with Gasteiger partial charge < -0.3 is 19.3 Å². The fourth-order valence-electron chi connectivity index (χ4n) is 4.73. The molecule has 1 N–H and O–H groups in total. The minimum Gasteiger partial charge on any atom is -0.493 e. The zero-order chi connectivity index (χ0) is 28.1. The van der Waals surface area contributed by atoms with E-state index in [4.69, 9.17) is 9.47 Å². The van der Waals surface area contributed by atoms with Crippen molar-refractivity contribution in [2.75, 3.05) is 50.0 Å². The molecule has 4 aromatic rings. The molecule has 0 aliphatic carbocycles. The Hall–Kier alpha value is -4.50. The normalized spacial score (nSPS) is 13.6. The first-order valence-corrected chi connectivity index (χ1v) is 14.4. The van der Waals surface area contributed by atoms with E-state index in [1.807, 2.05) is 59.5 Å². The zero-order valence-corrected chi connectivity index (χ0v) is 23.2. The number of carbonyl (C=O) groups excluding carboxylic acids is 1. The summed E-state index contributed by atoms with van der Waals surface area (Å²) in [7, 11) is -0.621. The monoisotopic (exact) mass is 557 g/mol. The third-order valence-electron chi connectivity index (χ3n) is 6.95. The molecule has 5 rings (SSSR count). The number of anilines is 2.